The van der Waals surface area contributed by atoms with Gasteiger partial charge in [-0.1, -0.05) is 655 Å². The van der Waals surface area contributed by atoms with Crippen molar-refractivity contribution in [2.75, 3.05) is 0 Å². The number of nitrogens with zero attached hydrogens (tertiary/aromatic N) is 1. The van der Waals surface area contributed by atoms with Crippen LogP contribution in [0.3, 0.4) is 0 Å². The standard InChI is InChI=1S/C15I33N/c16-1(17,2(18,19)4(22,23)6(26,27)8(30,31)10(34,35)12(38,39)14(42,43)44)3(20,21)5(24,25)7(28,29)9(32,33)11(36,37)13(40,41)15(45,46)49(47)48. The van der Waals surface area contributed by atoms with Gasteiger partial charge < -0.3 is 0 Å². The van der Waals surface area contributed by atoms with Crippen LogP contribution in [-0.4, -0.2) is 20.9 Å². The van der Waals surface area contributed by atoms with Gasteiger partial charge in [0, 0.05) is 45.7 Å². The molecular formula is C15I33N. The van der Waals surface area contributed by atoms with Crippen LogP contribution in [0.15, 0.2) is 0 Å². The van der Waals surface area contributed by atoms with Crippen molar-refractivity contribution in [1.82, 2.24) is 1.33 Å². The maximum Gasteiger partial charge on any atom is 0.168 e. The lowest BCUT2D eigenvalue weighted by atomic mass is 10.0. The molecule has 0 heterocycles. The van der Waals surface area contributed by atoms with Crippen LogP contribution in [0, 0.1) is 0 Å². The van der Waals surface area contributed by atoms with Crippen LogP contribution in [-0.2, 0) is 0 Å². The van der Waals surface area contributed by atoms with Crippen LogP contribution in [0.5, 0.6) is 0 Å². The minimum absolute atomic E-state index is 0.00679. The van der Waals surface area contributed by atoms with Crippen molar-refractivity contribution in [2.24, 2.45) is 0 Å². The van der Waals surface area contributed by atoms with E-state index in [0.717, 1.165) is 0 Å². The van der Waals surface area contributed by atoms with Crippen LogP contribution >= 0.6 is 746 Å². The second-order valence-electron chi connectivity index (χ2n) is 8.74. The van der Waals surface area contributed by atoms with Gasteiger partial charge in [-0.15, -0.1) is 0 Å². The van der Waals surface area contributed by atoms with E-state index in [1.807, 2.05) is 0 Å². The van der Waals surface area contributed by atoms with Gasteiger partial charge in [0.15, 0.2) is 1.55 Å². The Bertz CT molecular complexity index is 1200. The molecule has 0 N–H and O–H groups in total. The van der Waals surface area contributed by atoms with Gasteiger partial charge >= 0.3 is 0 Å². The number of rotatable bonds is 15. The van der Waals surface area contributed by atoms with E-state index < -0.39 is 0 Å². The second kappa shape index (κ2) is 26.5. The highest BCUT2D eigenvalue weighted by Gasteiger charge is 2.82. The molecule has 0 aliphatic rings. The van der Waals surface area contributed by atoms with Crippen molar-refractivity contribution in [3.05, 3.63) is 0 Å². The van der Waals surface area contributed by atoms with Gasteiger partial charge in [0.05, 0.1) is 0 Å². The predicted octanol–water partition coefficient (Wildman–Crippen LogP) is 25.8. The molecule has 296 valence electrons. The van der Waals surface area contributed by atoms with Crippen LogP contribution in [0.25, 0.3) is 0 Å². The summed E-state index contributed by atoms with van der Waals surface area (Å²) >= 11 is 91.0. The molecule has 1 nitrogen and oxygen atoms in total. The zero-order valence-corrected chi connectivity index (χ0v) is 91.6. The third-order valence-electron chi connectivity index (χ3n) is 5.68. The lowest BCUT2D eigenvalue weighted by Crippen LogP contribution is -2.72. The van der Waals surface area contributed by atoms with E-state index in [-0.39, 0.29) is 19.6 Å². The third-order valence-corrected chi connectivity index (χ3v) is 118. The molecule has 0 saturated carbocycles. The molecule has 0 aromatic heterocycles. The van der Waals surface area contributed by atoms with Crippen molar-refractivity contribution >= 4 is 746 Å². The zero-order valence-electron chi connectivity index (χ0n) is 20.4. The number of hydrogen-bond acceptors (Lipinski definition) is 1. The number of alkyl halides is 31. The minimum atomic E-state index is -0.231. The van der Waals surface area contributed by atoms with E-state index in [9.17, 15) is 0 Å². The predicted molar refractivity (Wildman–Crippen MR) is 505 cm³/mol. The molecule has 0 fully saturated rings. The quantitative estimate of drug-likeness (QED) is 0.0684. The first-order valence-electron chi connectivity index (χ1n) is 9.92. The minimum Gasteiger partial charge on any atom is -0.160 e. The van der Waals surface area contributed by atoms with E-state index in [1.54, 1.807) is 0 Å². The van der Waals surface area contributed by atoms with Gasteiger partial charge in [-0.2, -0.15) is 1.33 Å². The van der Waals surface area contributed by atoms with E-state index in [0.29, 0.717) is 0 Å². The summed E-state index contributed by atoms with van der Waals surface area (Å²) in [7, 11) is 0. The van der Waals surface area contributed by atoms with Gasteiger partial charge in [-0.3, -0.25) is 0 Å². The maximum atomic E-state index is 2.84. The summed E-state index contributed by atoms with van der Waals surface area (Å²) in [5.41, 5.74) is 0. The Hall–Kier alpha value is 24.1. The first-order valence-corrected chi connectivity index (χ1v) is 45.3. The Kier molecular flexibility index (Phi) is 39.6. The molecule has 0 aromatic rings. The average molecular weight is 4380 g/mol. The normalized spacial score (nSPS) is 17.3. The van der Waals surface area contributed by atoms with Crippen molar-refractivity contribution in [2.45, 2.75) is 19.6 Å². The monoisotopic (exact) mass is 4380 g/mol. The summed E-state index contributed by atoms with van der Waals surface area (Å²) in [6.07, 6.45) is 0. The number of halogens is 33. The molecule has 0 saturated heterocycles. The van der Waals surface area contributed by atoms with Crippen molar-refractivity contribution < 1.29 is 0 Å². The van der Waals surface area contributed by atoms with Crippen molar-refractivity contribution in [1.29, 1.82) is 0 Å². The van der Waals surface area contributed by atoms with Crippen LogP contribution in [0.1, 0.15) is 0 Å². The summed E-state index contributed by atoms with van der Waals surface area (Å²) < 4.78 is -0.248. The average Bonchev–Trinajstić information content (AvgIpc) is 2.86. The molecule has 0 amide bonds. The number of hydrogen-bond donors (Lipinski definition) is 0. The molecule has 0 aliphatic carbocycles. The SMILES string of the molecule is IN(I)C(I)(I)C(I)(I)C(I)(I)C(I)(I)C(I)(I)C(I)(I)C(I)(I)C(I)(I)C(I)(I)C(I)(I)C(I)(I)C(I)(I)C(I)(I)C(I)(I)C(I)(I)I. The lowest BCUT2D eigenvalue weighted by molar-refractivity contribution is 0.602. The van der Waals surface area contributed by atoms with Crippen molar-refractivity contribution in [3.8, 4) is 0 Å². The summed E-state index contributed by atoms with van der Waals surface area (Å²) in [6.45, 7) is 0. The Morgan fingerprint density at radius 1 is 0.184 bits per heavy atom. The Labute approximate surface area is 740 Å². The molecule has 0 rings (SSSR count). The molecule has 0 radical (unpaired) electrons. The van der Waals surface area contributed by atoms with Crippen molar-refractivity contribution in [3.63, 3.8) is 0 Å². The zero-order chi connectivity index (χ0) is 41.1. The molecule has 34 heteroatoms. The second-order valence-corrected chi connectivity index (χ2v) is 97.7. The molecular weight excluding hydrogens is 4380 g/mol. The lowest BCUT2D eigenvalue weighted by Gasteiger charge is -2.62. The summed E-state index contributed by atoms with van der Waals surface area (Å²) in [5, 5.41) is 0. The maximum absolute atomic E-state index is 2.84. The Morgan fingerprint density at radius 2 is 0.306 bits per heavy atom. The fourth-order valence-electron chi connectivity index (χ4n) is 2.64. The molecule has 0 bridgehead atoms. The molecule has 0 aromatic carbocycles. The first kappa shape index (κ1) is 73.1. The highest BCUT2D eigenvalue weighted by molar-refractivity contribution is 14.3. The molecule has 0 aliphatic heterocycles. The van der Waals surface area contributed by atoms with Crippen LogP contribution in [0.2, 0.25) is 0 Å². The first-order chi connectivity index (χ1) is 20.4. The Morgan fingerprint density at radius 3 is 0.429 bits per heavy atom. The van der Waals surface area contributed by atoms with Crippen LogP contribution in [0.4, 0.5) is 0 Å². The van der Waals surface area contributed by atoms with E-state index in [1.165, 1.54) is 0 Å². The van der Waals surface area contributed by atoms with E-state index >= 15 is 0 Å². The highest BCUT2D eigenvalue weighted by Crippen LogP contribution is 2.84. The fourth-order valence-corrected chi connectivity index (χ4v) is 55.0. The molecule has 49 heavy (non-hydrogen) atoms. The smallest absolute Gasteiger partial charge is 0.160 e. The molecule has 0 unspecified atom stereocenters. The topological polar surface area (TPSA) is 3.24 Å². The van der Waals surface area contributed by atoms with Gasteiger partial charge in [-0.25, -0.2) is 0 Å². The third kappa shape index (κ3) is 14.5. The van der Waals surface area contributed by atoms with Gasteiger partial charge in [0.2, 0.25) is 0 Å². The van der Waals surface area contributed by atoms with Crippen LogP contribution < -0.4 is 0 Å². The Balaban J connectivity index is 7.66. The fraction of sp³-hybridized carbons (Fsp3) is 1.00. The largest absolute Gasteiger partial charge is 0.168 e. The van der Waals surface area contributed by atoms with E-state index in [4.69, 9.17) is 0 Å². The van der Waals surface area contributed by atoms with E-state index in [2.05, 4.69) is 747 Å². The van der Waals surface area contributed by atoms with Gasteiger partial charge in [-0.05, 0) is 45.2 Å². The van der Waals surface area contributed by atoms with Gasteiger partial charge in [0.25, 0.3) is 0 Å². The molecule has 0 spiro atoms. The molecule has 0 atom stereocenters. The summed E-state index contributed by atoms with van der Waals surface area (Å²) in [4.78, 5) is 0. The van der Waals surface area contributed by atoms with Gasteiger partial charge in [0.1, 0.15) is 18.0 Å². The summed E-state index contributed by atoms with van der Waals surface area (Å²) in [5.74, 6) is 0. The highest BCUT2D eigenvalue weighted by atomic mass is 127. The summed E-state index contributed by atoms with van der Waals surface area (Å²) in [6, 6.07) is 0.